The number of rotatable bonds is 29. The maximum absolute atomic E-state index is 14.0. The van der Waals surface area contributed by atoms with Crippen LogP contribution in [0, 0.1) is 24.7 Å². The average molecular weight is 1020 g/mol. The number of hydrogen-bond acceptors (Lipinski definition) is 12. The fraction of sp³-hybridized carbons (Fsp3) is 0.722. The third-order valence-corrected chi connectivity index (χ3v) is 26.7. The number of oxazole rings is 1. The van der Waals surface area contributed by atoms with E-state index in [1.54, 1.807) is 27.2 Å². The van der Waals surface area contributed by atoms with Gasteiger partial charge >= 0.3 is 13.6 Å². The van der Waals surface area contributed by atoms with Gasteiger partial charge in [0.15, 0.2) is 14.2 Å². The van der Waals surface area contributed by atoms with Crippen LogP contribution in [-0.4, -0.2) is 91.1 Å². The topological polar surface area (TPSA) is 142 Å². The number of methoxy groups -OCH3 is 1. The summed E-state index contributed by atoms with van der Waals surface area (Å²) in [5, 5.41) is 0.0224. The molecule has 0 amide bonds. The molecule has 2 rings (SSSR count). The zero-order valence-corrected chi connectivity index (χ0v) is 49.3. The molecule has 394 valence electrons. The quantitative estimate of drug-likeness (QED) is 0.0248. The standard InChI is InChI=1S/C54H94NO11PSi2/c1-21-61-67(58,62-22-2)36-51(57)63-50(44(13)53(59-18)43(12)28-23-25-40(9)31-47-35-60-45(14)55-47)34-49(65-69(37(3)4,38(5)6)39(7)8)42(11)27-24-26-41(10)48-32-46(29-30-56)33-52(64-48)66-68(19,20)54(15,16)17/h23-28,30-31,35,37-39,41,44,46,48-50,52-53H,21-22,29,32-34,36H2,1-20H3/b25-23+,26-24+,40-31+,42-27+,43-28+/t41-,44-,46-,48-,49+,50+,52-,53+/m1/s1. The number of carbonyl (C=O) groups is 2. The molecule has 15 heteroatoms. The van der Waals surface area contributed by atoms with Crippen molar-refractivity contribution in [3.63, 3.8) is 0 Å². The molecule has 0 saturated carbocycles. The van der Waals surface area contributed by atoms with Gasteiger partial charge in [-0.05, 0) is 105 Å². The molecular weight excluding hydrogens is 926 g/mol. The van der Waals surface area contributed by atoms with Crippen molar-refractivity contribution < 1.29 is 50.7 Å². The molecule has 8 atom stereocenters. The lowest BCUT2D eigenvalue weighted by Gasteiger charge is -2.45. The van der Waals surface area contributed by atoms with Crippen molar-refractivity contribution in [3.05, 3.63) is 71.0 Å². The zero-order valence-electron chi connectivity index (χ0n) is 46.4. The van der Waals surface area contributed by atoms with Crippen molar-refractivity contribution in [2.24, 2.45) is 17.8 Å². The number of esters is 1. The molecule has 1 aromatic heterocycles. The van der Waals surface area contributed by atoms with Crippen LogP contribution in [0.4, 0.5) is 0 Å². The van der Waals surface area contributed by atoms with Crippen LogP contribution in [0.3, 0.4) is 0 Å². The van der Waals surface area contributed by atoms with E-state index in [-0.39, 0.29) is 65.0 Å². The maximum atomic E-state index is 14.0. The Morgan fingerprint density at radius 1 is 0.928 bits per heavy atom. The van der Waals surface area contributed by atoms with E-state index in [1.807, 2.05) is 52.0 Å². The summed E-state index contributed by atoms with van der Waals surface area (Å²) in [6, 6.07) is 0. The van der Waals surface area contributed by atoms with E-state index >= 15 is 0 Å². The van der Waals surface area contributed by atoms with Crippen LogP contribution in [0.1, 0.15) is 148 Å². The summed E-state index contributed by atoms with van der Waals surface area (Å²) in [4.78, 5) is 30.2. The number of aryl methyl sites for hydroxylation is 1. The van der Waals surface area contributed by atoms with Gasteiger partial charge in [0.25, 0.3) is 0 Å². The van der Waals surface area contributed by atoms with E-state index in [2.05, 4.69) is 112 Å². The minimum Gasteiger partial charge on any atom is -0.461 e. The molecule has 0 bridgehead atoms. The molecule has 0 aromatic carbocycles. The lowest BCUT2D eigenvalue weighted by molar-refractivity contribution is -0.177. The van der Waals surface area contributed by atoms with Gasteiger partial charge in [0.2, 0.25) is 8.32 Å². The van der Waals surface area contributed by atoms with Crippen LogP contribution in [-0.2, 0) is 46.3 Å². The number of allylic oxidation sites excluding steroid dienone is 6. The third kappa shape index (κ3) is 19.1. The van der Waals surface area contributed by atoms with Crippen LogP contribution in [0.15, 0.2) is 63.9 Å². The Hall–Kier alpha value is -2.53. The van der Waals surface area contributed by atoms with Crippen LogP contribution >= 0.6 is 7.60 Å². The van der Waals surface area contributed by atoms with Gasteiger partial charge in [-0.3, -0.25) is 9.36 Å². The first-order valence-corrected chi connectivity index (χ1v) is 32.2. The Bertz CT molecular complexity index is 1910. The highest BCUT2D eigenvalue weighted by Gasteiger charge is 2.48. The molecule has 0 aliphatic carbocycles. The highest BCUT2D eigenvalue weighted by Crippen LogP contribution is 2.49. The normalized spacial score (nSPS) is 20.9. The van der Waals surface area contributed by atoms with Crippen molar-refractivity contribution in [3.8, 4) is 0 Å². The van der Waals surface area contributed by atoms with Crippen molar-refractivity contribution >= 4 is 42.6 Å². The lowest BCUT2D eigenvalue weighted by atomic mass is 9.87. The molecule has 69 heavy (non-hydrogen) atoms. The summed E-state index contributed by atoms with van der Waals surface area (Å²) in [6.07, 6.45) is 16.5. The van der Waals surface area contributed by atoms with Crippen molar-refractivity contribution in [1.82, 2.24) is 4.98 Å². The van der Waals surface area contributed by atoms with E-state index in [4.69, 9.17) is 36.5 Å². The van der Waals surface area contributed by atoms with E-state index in [0.717, 1.165) is 35.1 Å². The molecule has 0 radical (unpaired) electrons. The van der Waals surface area contributed by atoms with Gasteiger partial charge in [-0.15, -0.1) is 0 Å². The Morgan fingerprint density at radius 3 is 2.03 bits per heavy atom. The van der Waals surface area contributed by atoms with E-state index < -0.39 is 54.7 Å². The number of aldehydes is 1. The summed E-state index contributed by atoms with van der Waals surface area (Å²) >= 11 is 0. The molecule has 0 unspecified atom stereocenters. The smallest absolute Gasteiger partial charge is 0.341 e. The number of nitrogens with zero attached hydrogens (tertiary/aromatic N) is 1. The zero-order chi connectivity index (χ0) is 52.5. The minimum absolute atomic E-state index is 0.0224. The first-order valence-electron chi connectivity index (χ1n) is 25.4. The molecule has 1 fully saturated rings. The second-order valence-electron chi connectivity index (χ2n) is 21.6. The first kappa shape index (κ1) is 62.6. The number of hydrogen-bond donors (Lipinski definition) is 0. The number of aromatic nitrogens is 1. The lowest BCUT2D eigenvalue weighted by Crippen LogP contribution is -2.51. The van der Waals surface area contributed by atoms with Gasteiger partial charge in [-0.1, -0.05) is 113 Å². The van der Waals surface area contributed by atoms with Gasteiger partial charge in [-0.2, -0.15) is 0 Å². The summed E-state index contributed by atoms with van der Waals surface area (Å²) in [5.41, 5.74) is 4.49. The Kier molecular flexibility index (Phi) is 26.0. The molecular formula is C54H94NO11PSi2. The van der Waals surface area contributed by atoms with E-state index in [0.29, 0.717) is 25.2 Å². The highest BCUT2D eigenvalue weighted by atomic mass is 31.2. The molecule has 1 aromatic rings. The van der Waals surface area contributed by atoms with Gasteiger partial charge in [0.1, 0.15) is 36.8 Å². The summed E-state index contributed by atoms with van der Waals surface area (Å²) in [5.74, 6) is -0.235. The highest BCUT2D eigenvalue weighted by molar-refractivity contribution is 7.54. The largest absolute Gasteiger partial charge is 0.461 e. The molecule has 0 spiro atoms. The SMILES string of the molecule is CCOP(=O)(CC(=O)O[C@@H](C[C@H](O[Si](C(C)C)(C(C)C)C(C)C)/C(C)=C/C=C/[C@@H](C)[C@H]1C[C@@H](CC=O)C[C@@H](O[Si](C)(C)C(C)(C)C)O1)[C@@H](C)[C@@H](OC)/C(C)=C/C=C/C(C)=C/c1coc(C)n1)OCC. The van der Waals surface area contributed by atoms with Gasteiger partial charge < -0.3 is 41.3 Å². The minimum atomic E-state index is -3.77. The van der Waals surface area contributed by atoms with Crippen LogP contribution in [0.25, 0.3) is 6.08 Å². The van der Waals surface area contributed by atoms with Gasteiger partial charge in [0.05, 0.1) is 31.5 Å². The van der Waals surface area contributed by atoms with Gasteiger partial charge in [-0.25, -0.2) is 4.98 Å². The van der Waals surface area contributed by atoms with Gasteiger partial charge in [0, 0.05) is 45.1 Å². The number of ether oxygens (including phenoxy) is 3. The predicted octanol–water partition coefficient (Wildman–Crippen LogP) is 14.5. The Morgan fingerprint density at radius 2 is 1.52 bits per heavy atom. The Labute approximate surface area is 420 Å². The monoisotopic (exact) mass is 1020 g/mol. The summed E-state index contributed by atoms with van der Waals surface area (Å²) < 4.78 is 63.9. The second kappa shape index (κ2) is 28.6. The second-order valence-corrected chi connectivity index (χ2v) is 33.9. The van der Waals surface area contributed by atoms with Crippen LogP contribution in [0.5, 0.6) is 0 Å². The maximum Gasteiger partial charge on any atom is 0.341 e. The first-order chi connectivity index (χ1) is 32.1. The fourth-order valence-electron chi connectivity index (χ4n) is 9.50. The van der Waals surface area contributed by atoms with Crippen molar-refractivity contribution in [2.45, 2.75) is 209 Å². The van der Waals surface area contributed by atoms with Crippen molar-refractivity contribution in [1.29, 1.82) is 0 Å². The Balaban J connectivity index is 2.70. The van der Waals surface area contributed by atoms with E-state index in [1.165, 1.54) is 0 Å². The predicted molar refractivity (Wildman–Crippen MR) is 286 cm³/mol. The summed E-state index contributed by atoms with van der Waals surface area (Å²) in [6.45, 7) is 40.5. The fourth-order valence-corrected chi connectivity index (χ4v) is 17.7. The average Bonchev–Trinajstić information content (AvgIpc) is 3.64. The molecule has 12 nitrogen and oxygen atoms in total. The third-order valence-electron chi connectivity index (χ3n) is 14.2. The molecule has 0 N–H and O–H groups in total. The van der Waals surface area contributed by atoms with E-state index in [9.17, 15) is 14.2 Å². The molecule has 1 aliphatic heterocycles. The van der Waals surface area contributed by atoms with Crippen LogP contribution < -0.4 is 0 Å². The number of carbonyl (C=O) groups excluding carboxylic acids is 2. The molecule has 2 heterocycles. The van der Waals surface area contributed by atoms with Crippen molar-refractivity contribution in [2.75, 3.05) is 26.5 Å². The molecule has 1 aliphatic rings. The van der Waals surface area contributed by atoms with Crippen LogP contribution in [0.2, 0.25) is 34.8 Å². The summed E-state index contributed by atoms with van der Waals surface area (Å²) in [7, 11) is -6.77. The molecule has 1 saturated heterocycles.